The number of rotatable bonds is 8. The monoisotopic (exact) mass is 495 g/mol. The summed E-state index contributed by atoms with van der Waals surface area (Å²) in [6.07, 6.45) is 9.48. The van der Waals surface area contributed by atoms with Gasteiger partial charge in [-0.25, -0.2) is 4.98 Å². The van der Waals surface area contributed by atoms with Crippen LogP contribution in [0.25, 0.3) is 16.8 Å². The summed E-state index contributed by atoms with van der Waals surface area (Å²) in [4.78, 5) is 39.4. The van der Waals surface area contributed by atoms with Crippen LogP contribution in [0, 0.1) is 5.95 Å². The fraction of sp³-hybridized carbons (Fsp3) is 0.304. The summed E-state index contributed by atoms with van der Waals surface area (Å²) in [5.41, 5.74) is 7.17. The number of ether oxygens (including phenoxy) is 1. The van der Waals surface area contributed by atoms with E-state index >= 15 is 0 Å². The van der Waals surface area contributed by atoms with Crippen LogP contribution in [-0.4, -0.2) is 74.3 Å². The normalized spacial score (nSPS) is 16.2. The van der Waals surface area contributed by atoms with Crippen molar-refractivity contribution in [2.45, 2.75) is 12.5 Å². The summed E-state index contributed by atoms with van der Waals surface area (Å²) in [7, 11) is 3.42. The first-order chi connectivity index (χ1) is 17.4. The number of methoxy groups -OCH3 is 1. The number of halogens is 1. The highest BCUT2D eigenvalue weighted by Crippen LogP contribution is 2.21. The molecule has 13 heteroatoms. The molecule has 0 bridgehead atoms. The second-order valence-corrected chi connectivity index (χ2v) is 8.22. The Bertz CT molecular complexity index is 1280. The van der Waals surface area contributed by atoms with Crippen molar-refractivity contribution in [3.63, 3.8) is 0 Å². The number of hydrogen-bond acceptors (Lipinski definition) is 9. The number of amides is 2. The van der Waals surface area contributed by atoms with Gasteiger partial charge in [-0.3, -0.25) is 29.1 Å². The van der Waals surface area contributed by atoms with Crippen molar-refractivity contribution in [2.24, 2.45) is 12.8 Å². The lowest BCUT2D eigenvalue weighted by atomic mass is 10.2. The molecule has 0 aromatic carbocycles. The third-order valence-electron chi connectivity index (χ3n) is 5.64. The topological polar surface area (TPSA) is 153 Å². The molecule has 0 saturated carbocycles. The molecule has 3 aromatic rings. The molecular weight excluding hydrogens is 469 g/mol. The Labute approximate surface area is 206 Å². The molecule has 4 heterocycles. The molecule has 4 N–H and O–H groups in total. The molecule has 3 aromatic heterocycles. The molecule has 12 nitrogen and oxygen atoms in total. The molecule has 0 radical (unpaired) electrons. The van der Waals surface area contributed by atoms with Gasteiger partial charge >= 0.3 is 0 Å². The van der Waals surface area contributed by atoms with Crippen molar-refractivity contribution in [1.29, 1.82) is 0 Å². The van der Waals surface area contributed by atoms with E-state index in [1.165, 1.54) is 24.7 Å². The standard InChI is InChI=1S/C23H26FN9O3/c1-32-11-14(7-29-32)19-9-27-20(10-26-19)17(6-25)23(35)31-18-5-15(8-28-22(18)24)30-21(34)13-33-4-3-16(12-33)36-2/h5-11,16H,3-4,12-13,25H2,1-2H3,(H,30,34)(H,31,35)/b17-6+/t16-/m0/s1. The molecule has 36 heavy (non-hydrogen) atoms. The molecule has 1 aliphatic heterocycles. The third kappa shape index (κ3) is 5.87. The molecule has 2 amide bonds. The van der Waals surface area contributed by atoms with Gasteiger partial charge in [0.05, 0.1) is 65.8 Å². The number of anilines is 2. The second-order valence-electron chi connectivity index (χ2n) is 8.22. The van der Waals surface area contributed by atoms with Crippen molar-refractivity contribution in [1.82, 2.24) is 29.6 Å². The van der Waals surface area contributed by atoms with Gasteiger partial charge in [0, 0.05) is 45.2 Å². The fourth-order valence-corrected chi connectivity index (χ4v) is 3.78. The molecule has 188 valence electrons. The Morgan fingerprint density at radius 2 is 2.06 bits per heavy atom. The molecule has 4 rings (SSSR count). The average Bonchev–Trinajstić information content (AvgIpc) is 3.51. The van der Waals surface area contributed by atoms with Crippen LogP contribution in [-0.2, 0) is 21.4 Å². The van der Waals surface area contributed by atoms with E-state index in [-0.39, 0.29) is 41.2 Å². The first-order valence-corrected chi connectivity index (χ1v) is 11.1. The predicted octanol–water partition coefficient (Wildman–Crippen LogP) is 1.01. The van der Waals surface area contributed by atoms with Crippen LogP contribution in [0.5, 0.6) is 0 Å². The predicted molar refractivity (Wildman–Crippen MR) is 130 cm³/mol. The van der Waals surface area contributed by atoms with E-state index in [4.69, 9.17) is 10.5 Å². The molecule has 1 aliphatic rings. The van der Waals surface area contributed by atoms with Gasteiger partial charge in [-0.05, 0) is 12.5 Å². The summed E-state index contributed by atoms with van der Waals surface area (Å²) >= 11 is 0. The first kappa shape index (κ1) is 24.9. The lowest BCUT2D eigenvalue weighted by Crippen LogP contribution is -2.32. The van der Waals surface area contributed by atoms with E-state index in [1.807, 2.05) is 4.90 Å². The Hall–Kier alpha value is -4.23. The van der Waals surface area contributed by atoms with Gasteiger partial charge in [-0.1, -0.05) is 0 Å². The maximum atomic E-state index is 14.3. The molecule has 1 saturated heterocycles. The molecular formula is C23H26FN9O3. The zero-order chi connectivity index (χ0) is 25.7. The van der Waals surface area contributed by atoms with Crippen LogP contribution in [0.4, 0.5) is 15.8 Å². The summed E-state index contributed by atoms with van der Waals surface area (Å²) in [5, 5.41) is 9.18. The van der Waals surface area contributed by atoms with Crippen LogP contribution in [0.2, 0.25) is 0 Å². The first-order valence-electron chi connectivity index (χ1n) is 11.1. The van der Waals surface area contributed by atoms with Crippen LogP contribution in [0.3, 0.4) is 0 Å². The minimum absolute atomic E-state index is 0.0178. The van der Waals surface area contributed by atoms with Gasteiger partial charge < -0.3 is 21.1 Å². The number of aromatic nitrogens is 5. The van der Waals surface area contributed by atoms with Gasteiger partial charge in [0.2, 0.25) is 11.9 Å². The Kier molecular flexibility index (Phi) is 7.61. The van der Waals surface area contributed by atoms with E-state index in [2.05, 4.69) is 30.7 Å². The number of likely N-dealkylation sites (tertiary alicyclic amines) is 1. The highest BCUT2D eigenvalue weighted by atomic mass is 19.1. The van der Waals surface area contributed by atoms with Crippen molar-refractivity contribution in [3.05, 3.63) is 54.9 Å². The number of carbonyl (C=O) groups is 2. The Morgan fingerprint density at radius 1 is 1.22 bits per heavy atom. The van der Waals surface area contributed by atoms with Gasteiger partial charge in [-0.2, -0.15) is 9.49 Å². The summed E-state index contributed by atoms with van der Waals surface area (Å²) < 4.78 is 21.3. The largest absolute Gasteiger partial charge is 0.404 e. The quantitative estimate of drug-likeness (QED) is 0.307. The molecule has 1 atom stereocenters. The second kappa shape index (κ2) is 11.0. The van der Waals surface area contributed by atoms with E-state index in [1.54, 1.807) is 31.2 Å². The number of aryl methyl sites for hydroxylation is 1. The number of carbonyl (C=O) groups excluding carboxylic acids is 2. The molecule has 0 spiro atoms. The Morgan fingerprint density at radius 3 is 2.69 bits per heavy atom. The lowest BCUT2D eigenvalue weighted by molar-refractivity contribution is -0.117. The average molecular weight is 496 g/mol. The third-order valence-corrected chi connectivity index (χ3v) is 5.64. The summed E-state index contributed by atoms with van der Waals surface area (Å²) in [6, 6.07) is 1.28. The van der Waals surface area contributed by atoms with Gasteiger partial charge in [0.1, 0.15) is 0 Å². The number of pyridine rings is 1. The maximum absolute atomic E-state index is 14.3. The van der Waals surface area contributed by atoms with Crippen molar-refractivity contribution in [3.8, 4) is 11.3 Å². The Balaban J connectivity index is 1.41. The lowest BCUT2D eigenvalue weighted by Gasteiger charge is -2.15. The maximum Gasteiger partial charge on any atom is 0.259 e. The van der Waals surface area contributed by atoms with Crippen molar-refractivity contribution < 1.29 is 18.7 Å². The van der Waals surface area contributed by atoms with Crippen molar-refractivity contribution >= 4 is 28.8 Å². The van der Waals surface area contributed by atoms with Crippen LogP contribution in [0.1, 0.15) is 12.1 Å². The summed E-state index contributed by atoms with van der Waals surface area (Å²) in [5.74, 6) is -1.92. The van der Waals surface area contributed by atoms with Gasteiger partial charge in [0.15, 0.2) is 0 Å². The number of nitrogens with zero attached hydrogens (tertiary/aromatic N) is 6. The number of hydrogen-bond donors (Lipinski definition) is 3. The number of nitrogens with two attached hydrogens (primary N) is 1. The molecule has 1 fully saturated rings. The van der Waals surface area contributed by atoms with E-state index in [0.29, 0.717) is 12.2 Å². The summed E-state index contributed by atoms with van der Waals surface area (Å²) in [6.45, 7) is 1.56. The SMILES string of the molecule is CO[C@H]1CCN(CC(=O)Nc2cnc(F)c(NC(=O)/C(=C/N)c3cnc(-c4cnn(C)c4)cn3)c2)C1. The molecule has 0 unspecified atom stereocenters. The van der Waals surface area contributed by atoms with Crippen LogP contribution < -0.4 is 16.4 Å². The fourth-order valence-electron chi connectivity index (χ4n) is 3.78. The highest BCUT2D eigenvalue weighted by molar-refractivity contribution is 6.24. The van der Waals surface area contributed by atoms with Crippen LogP contribution >= 0.6 is 0 Å². The smallest absolute Gasteiger partial charge is 0.259 e. The van der Waals surface area contributed by atoms with E-state index in [9.17, 15) is 14.0 Å². The van der Waals surface area contributed by atoms with Gasteiger partial charge in [-0.15, -0.1) is 0 Å². The van der Waals surface area contributed by atoms with E-state index < -0.39 is 11.9 Å². The minimum atomic E-state index is -0.918. The number of nitrogens with one attached hydrogen (secondary N) is 2. The van der Waals surface area contributed by atoms with Gasteiger partial charge in [0.25, 0.3) is 5.91 Å². The molecule has 0 aliphatic carbocycles. The minimum Gasteiger partial charge on any atom is -0.404 e. The highest BCUT2D eigenvalue weighted by Gasteiger charge is 2.24. The zero-order valence-corrected chi connectivity index (χ0v) is 19.8. The van der Waals surface area contributed by atoms with E-state index in [0.717, 1.165) is 24.7 Å². The zero-order valence-electron chi connectivity index (χ0n) is 19.8. The van der Waals surface area contributed by atoms with Crippen LogP contribution in [0.15, 0.2) is 43.3 Å². The van der Waals surface area contributed by atoms with Crippen molar-refractivity contribution in [2.75, 3.05) is 37.4 Å².